The van der Waals surface area contributed by atoms with Crippen LogP contribution in [0.5, 0.6) is 0 Å². The van der Waals surface area contributed by atoms with E-state index < -0.39 is 0 Å². The van der Waals surface area contributed by atoms with E-state index >= 15 is 0 Å². The molecule has 0 N–H and O–H groups in total. The first-order valence-electron chi connectivity index (χ1n) is 1.63. The average molecular weight is 328 g/mol. The second kappa shape index (κ2) is 6.89. The van der Waals surface area contributed by atoms with Gasteiger partial charge in [0.05, 0.1) is 14.2 Å². The molecule has 0 aromatic carbocycles. The number of hydrogen-bond acceptors (Lipinski definition) is 3. The second-order valence-electron chi connectivity index (χ2n) is 0.805. The first-order chi connectivity index (χ1) is 2.81. The maximum Gasteiger partial charge on any atom is 0.0601 e. The maximum atomic E-state index is 4.51. The van der Waals surface area contributed by atoms with Crippen LogP contribution in [0.2, 0.25) is 0 Å². The Bertz CT molecular complexity index is 32.1. The van der Waals surface area contributed by atoms with E-state index in [2.05, 4.69) is 9.68 Å². The summed E-state index contributed by atoms with van der Waals surface area (Å²) < 4.78 is 0. The molecule has 0 heterocycles. The topological polar surface area (TPSA) is 21.7 Å². The normalized spacial score (nSPS) is 8.57. The predicted octanol–water partition coefficient (Wildman–Crippen LogP) is 0.0410. The fraction of sp³-hybridized carbons (Fsp3) is 1.00. The third-order valence-electron chi connectivity index (χ3n) is 0.514. The van der Waals surface area contributed by atoms with E-state index in [1.807, 2.05) is 0 Å². The zero-order valence-corrected chi connectivity index (χ0v) is 8.44. The van der Waals surface area contributed by atoms with Crippen molar-refractivity contribution in [1.82, 2.24) is 5.23 Å². The van der Waals surface area contributed by atoms with Crippen LogP contribution in [0.3, 0.4) is 0 Å². The van der Waals surface area contributed by atoms with Gasteiger partial charge in [0, 0.05) is 37.0 Å². The minimum atomic E-state index is 0. The van der Waals surface area contributed by atoms with Gasteiger partial charge in [-0.25, -0.2) is 0 Å². The molecule has 0 rings (SSSR count). The van der Waals surface area contributed by atoms with Crippen molar-refractivity contribution in [2.45, 2.75) is 0 Å². The molecule has 0 saturated carbocycles. The van der Waals surface area contributed by atoms with Gasteiger partial charge in [-0.2, -0.15) is 0 Å². The fourth-order valence-corrected chi connectivity index (χ4v) is 0.0745. The second-order valence-corrected chi connectivity index (χ2v) is 0.805. The Morgan fingerprint density at radius 1 is 1.14 bits per heavy atom. The van der Waals surface area contributed by atoms with Crippen LogP contribution in [0.25, 0.3) is 0 Å². The zero-order chi connectivity index (χ0) is 4.99. The van der Waals surface area contributed by atoms with Gasteiger partial charge in [0.15, 0.2) is 0 Å². The first-order valence-corrected chi connectivity index (χ1v) is 1.63. The summed E-state index contributed by atoms with van der Waals surface area (Å²) in [5.74, 6) is 0. The molecule has 7 heavy (non-hydrogen) atoms. The number of hydroxylamine groups is 2. The molecular weight excluding hydrogens is 319 g/mol. The maximum absolute atomic E-state index is 4.51. The SMILES string of the molecule is CON(C)OC.[Np]. The van der Waals surface area contributed by atoms with Gasteiger partial charge in [-0.15, -0.1) is 0 Å². The van der Waals surface area contributed by atoms with Gasteiger partial charge in [-0.3, -0.25) is 9.68 Å². The molecule has 0 aliphatic rings. The van der Waals surface area contributed by atoms with E-state index in [0.717, 1.165) is 0 Å². The number of nitrogens with zero attached hydrogens (tertiary/aromatic N) is 1. The Balaban J connectivity index is 0. The Morgan fingerprint density at radius 3 is 1.43 bits per heavy atom. The van der Waals surface area contributed by atoms with E-state index in [-0.39, 0.29) is 29.9 Å². The van der Waals surface area contributed by atoms with E-state index in [1.54, 1.807) is 7.05 Å². The van der Waals surface area contributed by atoms with Gasteiger partial charge < -0.3 is 0 Å². The fourth-order valence-electron chi connectivity index (χ4n) is 0.0745. The number of hydrogen-bond donors (Lipinski definition) is 0. The molecule has 0 aliphatic heterocycles. The molecule has 0 aliphatic carbocycles. The molecule has 43 valence electrons. The van der Waals surface area contributed by atoms with Crippen LogP contribution < -0.4 is 0 Å². The van der Waals surface area contributed by atoms with E-state index in [4.69, 9.17) is 0 Å². The molecule has 0 saturated heterocycles. The van der Waals surface area contributed by atoms with Gasteiger partial charge in [-0.05, 0) is 0 Å². The zero-order valence-electron chi connectivity index (χ0n) is 4.71. The Labute approximate surface area is 66.1 Å². The van der Waals surface area contributed by atoms with Crippen LogP contribution >= 0.6 is 0 Å². The standard InChI is InChI=1S/C3H9NO2.Np/c1-4(5-2)6-3;/h1-3H3;. The molecule has 3 nitrogen and oxygen atoms in total. The largest absolute Gasteiger partial charge is 0.278 e. The molecule has 0 unspecified atom stereocenters. The predicted molar refractivity (Wildman–Crippen MR) is 21.8 cm³/mol. The summed E-state index contributed by atoms with van der Waals surface area (Å²) in [4.78, 5) is 9.02. The van der Waals surface area contributed by atoms with Gasteiger partial charge >= 0.3 is 0 Å². The summed E-state index contributed by atoms with van der Waals surface area (Å²) in [6.07, 6.45) is 0. The van der Waals surface area contributed by atoms with Gasteiger partial charge in [-0.1, -0.05) is 5.23 Å². The minimum Gasteiger partial charge on any atom is -0.278 e. The van der Waals surface area contributed by atoms with Crippen LogP contribution in [-0.4, -0.2) is 26.5 Å². The number of rotatable bonds is 2. The summed E-state index contributed by atoms with van der Waals surface area (Å²) in [5, 5.41) is 1.25. The molecule has 0 atom stereocenters. The summed E-state index contributed by atoms with van der Waals surface area (Å²) in [6, 6.07) is 0. The Morgan fingerprint density at radius 2 is 1.43 bits per heavy atom. The van der Waals surface area contributed by atoms with E-state index in [0.29, 0.717) is 0 Å². The van der Waals surface area contributed by atoms with Crippen LogP contribution in [0.4, 0.5) is 0 Å². The minimum absolute atomic E-state index is 0. The van der Waals surface area contributed by atoms with E-state index in [1.165, 1.54) is 19.4 Å². The third kappa shape index (κ3) is 6.89. The van der Waals surface area contributed by atoms with Crippen molar-refractivity contribution in [3.63, 3.8) is 0 Å². The summed E-state index contributed by atoms with van der Waals surface area (Å²) in [7, 11) is 4.73. The first kappa shape index (κ1) is 10.8. The summed E-state index contributed by atoms with van der Waals surface area (Å²) >= 11 is 0. The third-order valence-corrected chi connectivity index (χ3v) is 0.514. The van der Waals surface area contributed by atoms with Crippen molar-refractivity contribution in [2.75, 3.05) is 21.3 Å². The Hall–Kier alpha value is 0.893. The molecule has 0 aromatic rings. The molecular formula is C3H9NNpO2. The van der Waals surface area contributed by atoms with Gasteiger partial charge in [0.1, 0.15) is 0 Å². The molecule has 0 bridgehead atoms. The average Bonchev–Trinajstić information content (AvgIpc) is 1.65. The van der Waals surface area contributed by atoms with Gasteiger partial charge in [0.25, 0.3) is 0 Å². The van der Waals surface area contributed by atoms with Crippen LogP contribution in [0.1, 0.15) is 0 Å². The molecule has 0 fully saturated rings. The molecule has 1 radical (unpaired) electrons. The van der Waals surface area contributed by atoms with Crippen molar-refractivity contribution in [3.8, 4) is 0 Å². The molecule has 0 amide bonds. The summed E-state index contributed by atoms with van der Waals surface area (Å²) in [5.41, 5.74) is 0. The van der Waals surface area contributed by atoms with Crippen LogP contribution in [0, 0.1) is 29.9 Å². The molecule has 4 heteroatoms. The van der Waals surface area contributed by atoms with Crippen LogP contribution in [0.15, 0.2) is 0 Å². The van der Waals surface area contributed by atoms with Crippen molar-refractivity contribution in [1.29, 1.82) is 0 Å². The quantitative estimate of drug-likeness (QED) is 0.669. The van der Waals surface area contributed by atoms with Crippen LogP contribution in [-0.2, 0) is 9.68 Å². The molecule has 0 aromatic heterocycles. The van der Waals surface area contributed by atoms with Crippen molar-refractivity contribution in [3.05, 3.63) is 0 Å². The Kier molecular flexibility index (Phi) is 10.6. The van der Waals surface area contributed by atoms with Crippen molar-refractivity contribution >= 4 is 0 Å². The summed E-state index contributed by atoms with van der Waals surface area (Å²) in [6.45, 7) is 0. The van der Waals surface area contributed by atoms with Crippen molar-refractivity contribution < 1.29 is 39.6 Å². The van der Waals surface area contributed by atoms with Gasteiger partial charge in [0.2, 0.25) is 0 Å². The smallest absolute Gasteiger partial charge is 0.0601 e. The van der Waals surface area contributed by atoms with E-state index in [9.17, 15) is 0 Å². The monoisotopic (exact) mass is 327 g/mol. The molecule has 0 spiro atoms. The van der Waals surface area contributed by atoms with Crippen molar-refractivity contribution in [2.24, 2.45) is 0 Å².